The Morgan fingerprint density at radius 2 is 2.20 bits per heavy atom. The van der Waals surface area contributed by atoms with Crippen molar-refractivity contribution >= 4 is 11.6 Å². The normalized spacial score (nSPS) is 12.7. The molecule has 2 rings (SSSR count). The Morgan fingerprint density at radius 3 is 2.80 bits per heavy atom. The minimum absolute atomic E-state index is 0.129. The third-order valence-electron chi connectivity index (χ3n) is 3.21. The van der Waals surface area contributed by atoms with Gasteiger partial charge < -0.3 is 0 Å². The lowest BCUT2D eigenvalue weighted by Crippen LogP contribution is -2.31. The largest absolute Gasteiger partial charge is 0.271 e. The van der Waals surface area contributed by atoms with Gasteiger partial charge in [-0.3, -0.25) is 16.0 Å². The van der Waals surface area contributed by atoms with Crippen LogP contribution in [0.25, 0.3) is 0 Å². The van der Waals surface area contributed by atoms with Gasteiger partial charge in [0.1, 0.15) is 5.82 Å². The van der Waals surface area contributed by atoms with E-state index in [2.05, 4.69) is 20.5 Å². The molecule has 2 heterocycles. The van der Waals surface area contributed by atoms with Gasteiger partial charge in [-0.05, 0) is 26.8 Å². The molecule has 0 radical (unpaired) electrons. The van der Waals surface area contributed by atoms with Crippen molar-refractivity contribution in [3.63, 3.8) is 0 Å². The molecule has 3 N–H and O–H groups in total. The van der Waals surface area contributed by atoms with Crippen LogP contribution in [0.2, 0.25) is 5.02 Å². The molecule has 0 bridgehead atoms. The Labute approximate surface area is 123 Å². The third kappa shape index (κ3) is 2.98. The van der Waals surface area contributed by atoms with Crippen molar-refractivity contribution in [1.29, 1.82) is 0 Å². The van der Waals surface area contributed by atoms with Gasteiger partial charge in [-0.25, -0.2) is 9.97 Å². The van der Waals surface area contributed by atoms with Crippen molar-refractivity contribution in [1.82, 2.24) is 25.2 Å². The van der Waals surface area contributed by atoms with Crippen molar-refractivity contribution in [2.75, 3.05) is 0 Å². The first kappa shape index (κ1) is 14.9. The second kappa shape index (κ2) is 6.30. The van der Waals surface area contributed by atoms with Crippen LogP contribution in [-0.2, 0) is 13.0 Å². The average molecular weight is 295 g/mol. The van der Waals surface area contributed by atoms with E-state index in [0.29, 0.717) is 17.3 Å². The van der Waals surface area contributed by atoms with Crippen molar-refractivity contribution in [3.05, 3.63) is 40.2 Å². The van der Waals surface area contributed by atoms with Crippen molar-refractivity contribution in [2.45, 2.75) is 39.8 Å². The quantitative estimate of drug-likeness (QED) is 0.648. The van der Waals surface area contributed by atoms with Gasteiger partial charge in [0.15, 0.2) is 0 Å². The summed E-state index contributed by atoms with van der Waals surface area (Å²) < 4.78 is 1.90. The molecule has 20 heavy (non-hydrogen) atoms. The lowest BCUT2D eigenvalue weighted by atomic mass is 10.1. The van der Waals surface area contributed by atoms with Gasteiger partial charge >= 0.3 is 0 Å². The van der Waals surface area contributed by atoms with Crippen molar-refractivity contribution in [2.24, 2.45) is 5.84 Å². The maximum Gasteiger partial charge on any atom is 0.125 e. The second-order valence-corrected chi connectivity index (χ2v) is 4.99. The highest BCUT2D eigenvalue weighted by molar-refractivity contribution is 6.31. The smallest absolute Gasteiger partial charge is 0.125 e. The van der Waals surface area contributed by atoms with Crippen molar-refractivity contribution in [3.8, 4) is 0 Å². The number of nitrogens with one attached hydrogen (secondary N) is 1. The molecule has 0 fully saturated rings. The highest BCUT2D eigenvalue weighted by Crippen LogP contribution is 2.25. The molecule has 0 amide bonds. The summed E-state index contributed by atoms with van der Waals surface area (Å²) in [4.78, 5) is 8.50. The van der Waals surface area contributed by atoms with E-state index in [-0.39, 0.29) is 6.04 Å². The monoisotopic (exact) mass is 294 g/mol. The molecule has 2 aromatic rings. The zero-order valence-corrected chi connectivity index (χ0v) is 12.6. The molecule has 1 atom stereocenters. The summed E-state index contributed by atoms with van der Waals surface area (Å²) in [5.41, 5.74) is 5.43. The van der Waals surface area contributed by atoms with Gasteiger partial charge in [0.2, 0.25) is 0 Å². The number of hydrazine groups is 1. The fraction of sp³-hybridized carbons (Fsp3) is 0.462. The zero-order valence-electron chi connectivity index (χ0n) is 11.9. The van der Waals surface area contributed by atoms with Crippen LogP contribution in [0.4, 0.5) is 0 Å². The molecule has 0 aromatic carbocycles. The highest BCUT2D eigenvalue weighted by atomic mass is 35.5. The number of nitrogens with two attached hydrogens (primary N) is 1. The SMILES string of the molecule is CCn1nc(C)c(Cl)c1CC(NN)c1ccnc(C)n1. The van der Waals surface area contributed by atoms with E-state index in [4.69, 9.17) is 17.4 Å². The summed E-state index contributed by atoms with van der Waals surface area (Å²) in [5, 5.41) is 5.10. The lowest BCUT2D eigenvalue weighted by molar-refractivity contribution is 0.505. The van der Waals surface area contributed by atoms with E-state index in [1.165, 1.54) is 0 Å². The number of nitrogens with zero attached hydrogens (tertiary/aromatic N) is 4. The summed E-state index contributed by atoms with van der Waals surface area (Å²) in [7, 11) is 0. The first-order valence-corrected chi connectivity index (χ1v) is 6.92. The lowest BCUT2D eigenvalue weighted by Gasteiger charge is -2.16. The molecule has 1 unspecified atom stereocenters. The number of rotatable bonds is 5. The van der Waals surface area contributed by atoms with Crippen LogP contribution in [-0.4, -0.2) is 19.7 Å². The highest BCUT2D eigenvalue weighted by Gasteiger charge is 2.19. The third-order valence-corrected chi connectivity index (χ3v) is 3.70. The van der Waals surface area contributed by atoms with Gasteiger partial charge in [0, 0.05) is 19.2 Å². The van der Waals surface area contributed by atoms with Crippen molar-refractivity contribution < 1.29 is 0 Å². The van der Waals surface area contributed by atoms with Crippen LogP contribution in [0, 0.1) is 13.8 Å². The number of aryl methyl sites for hydroxylation is 3. The first-order chi connectivity index (χ1) is 9.56. The van der Waals surface area contributed by atoms with E-state index in [1.54, 1.807) is 6.20 Å². The molecule has 0 saturated heterocycles. The predicted octanol–water partition coefficient (Wildman–Crippen LogP) is 1.71. The number of halogens is 1. The topological polar surface area (TPSA) is 81.7 Å². The minimum atomic E-state index is -0.129. The van der Waals surface area contributed by atoms with Crippen LogP contribution in [0.1, 0.15) is 35.9 Å². The van der Waals surface area contributed by atoms with Crippen LogP contribution in [0.15, 0.2) is 12.3 Å². The van der Waals surface area contributed by atoms with E-state index in [0.717, 1.165) is 23.6 Å². The molecule has 0 aliphatic rings. The van der Waals surface area contributed by atoms with E-state index in [1.807, 2.05) is 31.5 Å². The van der Waals surface area contributed by atoms with Crippen LogP contribution >= 0.6 is 11.6 Å². The van der Waals surface area contributed by atoms with Gasteiger partial charge in [-0.1, -0.05) is 11.6 Å². The summed E-state index contributed by atoms with van der Waals surface area (Å²) >= 11 is 6.33. The Kier molecular flexibility index (Phi) is 4.69. The molecule has 6 nitrogen and oxygen atoms in total. The molecule has 108 valence electrons. The summed E-state index contributed by atoms with van der Waals surface area (Å²) in [6.07, 6.45) is 2.35. The van der Waals surface area contributed by atoms with Gasteiger partial charge in [-0.2, -0.15) is 5.10 Å². The van der Waals surface area contributed by atoms with Gasteiger partial charge in [0.25, 0.3) is 0 Å². The second-order valence-electron chi connectivity index (χ2n) is 4.61. The Morgan fingerprint density at radius 1 is 1.45 bits per heavy atom. The minimum Gasteiger partial charge on any atom is -0.271 e. The number of aromatic nitrogens is 4. The molecule has 7 heteroatoms. The first-order valence-electron chi connectivity index (χ1n) is 6.54. The van der Waals surface area contributed by atoms with Crippen LogP contribution < -0.4 is 11.3 Å². The maximum atomic E-state index is 6.33. The maximum absolute atomic E-state index is 6.33. The van der Waals surface area contributed by atoms with Gasteiger partial charge in [0.05, 0.1) is 28.1 Å². The molecule has 0 aliphatic carbocycles. The Balaban J connectivity index is 2.31. The Bertz CT molecular complexity index is 595. The summed E-state index contributed by atoms with van der Waals surface area (Å²) in [5.74, 6) is 6.38. The predicted molar refractivity (Wildman–Crippen MR) is 78.2 cm³/mol. The summed E-state index contributed by atoms with van der Waals surface area (Å²) in [6, 6.07) is 1.72. The summed E-state index contributed by atoms with van der Waals surface area (Å²) in [6.45, 7) is 6.55. The fourth-order valence-electron chi connectivity index (χ4n) is 2.17. The van der Waals surface area contributed by atoms with Crippen LogP contribution in [0.3, 0.4) is 0 Å². The molecule has 0 saturated carbocycles. The Hall–Kier alpha value is -1.50. The number of hydrogen-bond donors (Lipinski definition) is 2. The standard InChI is InChI=1S/C13H19ClN6/c1-4-20-12(13(14)8(2)19-20)7-11(18-15)10-5-6-16-9(3)17-10/h5-6,11,18H,4,7,15H2,1-3H3. The molecular formula is C13H19ClN6. The van der Waals surface area contributed by atoms with E-state index < -0.39 is 0 Å². The molecule has 0 spiro atoms. The van der Waals surface area contributed by atoms with E-state index >= 15 is 0 Å². The fourth-order valence-corrected chi connectivity index (χ4v) is 2.39. The zero-order chi connectivity index (χ0) is 14.7. The molecule has 0 aliphatic heterocycles. The molecule has 2 aromatic heterocycles. The molecular weight excluding hydrogens is 276 g/mol. The number of hydrogen-bond acceptors (Lipinski definition) is 5. The average Bonchev–Trinajstić information content (AvgIpc) is 2.71. The van der Waals surface area contributed by atoms with Crippen LogP contribution in [0.5, 0.6) is 0 Å². The van der Waals surface area contributed by atoms with Gasteiger partial charge in [-0.15, -0.1) is 0 Å². The van der Waals surface area contributed by atoms with E-state index in [9.17, 15) is 0 Å².